The lowest BCUT2D eigenvalue weighted by Crippen LogP contribution is -2.51. The lowest BCUT2D eigenvalue weighted by molar-refractivity contribution is 0.381. The van der Waals surface area contributed by atoms with Crippen molar-refractivity contribution in [1.29, 1.82) is 0 Å². The molecule has 0 atom stereocenters. The summed E-state index contributed by atoms with van der Waals surface area (Å²) >= 11 is 8.73. The van der Waals surface area contributed by atoms with Gasteiger partial charge in [-0.3, -0.25) is 0 Å². The van der Waals surface area contributed by atoms with E-state index in [9.17, 15) is 0 Å². The van der Waals surface area contributed by atoms with Crippen molar-refractivity contribution >= 4 is 45.1 Å². The molecule has 1 fully saturated rings. The summed E-state index contributed by atoms with van der Waals surface area (Å²) in [4.78, 5) is 5.65. The Labute approximate surface area is 143 Å². The molecule has 3 heterocycles. The third-order valence-corrected chi connectivity index (χ3v) is 5.81. The molecule has 2 aromatic rings. The number of aromatic nitrogens is 2. The van der Waals surface area contributed by atoms with Gasteiger partial charge < -0.3 is 15.1 Å². The maximum absolute atomic E-state index is 5.38. The van der Waals surface area contributed by atoms with Crippen molar-refractivity contribution in [2.45, 2.75) is 0 Å². The largest absolute Gasteiger partial charge is 0.359 e. The maximum atomic E-state index is 5.38. The number of nitrogens with zero attached hydrogens (tertiary/aromatic N) is 4. The second kappa shape index (κ2) is 7.17. The molecule has 1 aliphatic heterocycles. The smallest absolute Gasteiger partial charge is 0.208 e. The number of hydrogen-bond donors (Lipinski definition) is 1. The zero-order valence-electron chi connectivity index (χ0n) is 12.1. The number of thiophene rings is 1. The van der Waals surface area contributed by atoms with Crippen molar-refractivity contribution in [2.75, 3.05) is 37.6 Å². The van der Waals surface area contributed by atoms with Crippen LogP contribution in [0.2, 0.25) is 0 Å². The Balaban J connectivity index is 1.57. The first kappa shape index (κ1) is 15.4. The Morgan fingerprint density at radius 2 is 2.18 bits per heavy atom. The van der Waals surface area contributed by atoms with Crippen molar-refractivity contribution in [2.24, 2.45) is 0 Å². The van der Waals surface area contributed by atoms with Gasteiger partial charge in [0.25, 0.3) is 0 Å². The summed E-state index contributed by atoms with van der Waals surface area (Å²) in [5.41, 5.74) is 0. The van der Waals surface area contributed by atoms with Crippen LogP contribution in [0.3, 0.4) is 0 Å². The highest BCUT2D eigenvalue weighted by Crippen LogP contribution is 2.31. The first-order valence-corrected chi connectivity index (χ1v) is 9.14. The molecule has 22 heavy (non-hydrogen) atoms. The third kappa shape index (κ3) is 3.45. The minimum absolute atomic E-state index is 0.708. The van der Waals surface area contributed by atoms with Crippen LogP contribution in [0.15, 0.2) is 30.2 Å². The molecule has 2 aromatic heterocycles. The Bertz CT molecular complexity index is 629. The Kier molecular flexibility index (Phi) is 5.01. The van der Waals surface area contributed by atoms with E-state index in [1.807, 2.05) is 12.1 Å². The number of thiocarbonyl (C=S) groups is 1. The second-order valence-electron chi connectivity index (χ2n) is 4.82. The number of piperazine rings is 1. The van der Waals surface area contributed by atoms with Crippen molar-refractivity contribution < 1.29 is 0 Å². The zero-order chi connectivity index (χ0) is 15.4. The van der Waals surface area contributed by atoms with Crippen molar-refractivity contribution in [3.63, 3.8) is 0 Å². The topological polar surface area (TPSA) is 44.3 Å². The first-order valence-electron chi connectivity index (χ1n) is 7.04. The normalized spacial score (nSPS) is 14.9. The average molecular weight is 352 g/mol. The van der Waals surface area contributed by atoms with Gasteiger partial charge in [0.05, 0.1) is 4.88 Å². The predicted molar refractivity (Wildman–Crippen MR) is 97.8 cm³/mol. The van der Waals surface area contributed by atoms with Gasteiger partial charge >= 0.3 is 0 Å². The maximum Gasteiger partial charge on any atom is 0.208 e. The summed E-state index contributed by atoms with van der Waals surface area (Å²) in [7, 11) is 0. The average Bonchev–Trinajstić information content (AvgIpc) is 3.23. The lowest BCUT2D eigenvalue weighted by atomic mass is 10.3. The third-order valence-electron chi connectivity index (χ3n) is 3.38. The summed E-state index contributed by atoms with van der Waals surface area (Å²) in [6.07, 6.45) is 1.82. The molecular formula is C14H17N5S3. The molecule has 1 N–H and O–H groups in total. The summed E-state index contributed by atoms with van der Waals surface area (Å²) in [5, 5.41) is 16.7. The molecule has 3 rings (SSSR count). The highest BCUT2D eigenvalue weighted by atomic mass is 32.1. The zero-order valence-corrected chi connectivity index (χ0v) is 14.5. The molecule has 0 bridgehead atoms. The van der Waals surface area contributed by atoms with Crippen LogP contribution in [-0.2, 0) is 0 Å². The second-order valence-corrected chi connectivity index (χ2v) is 7.11. The lowest BCUT2D eigenvalue weighted by Gasteiger charge is -2.35. The summed E-state index contributed by atoms with van der Waals surface area (Å²) in [5.74, 6) is 0. The molecule has 0 aliphatic carbocycles. The van der Waals surface area contributed by atoms with E-state index in [4.69, 9.17) is 12.2 Å². The van der Waals surface area contributed by atoms with Gasteiger partial charge in [0.1, 0.15) is 0 Å². The van der Waals surface area contributed by atoms with E-state index < -0.39 is 0 Å². The molecule has 0 aromatic carbocycles. The first-order chi connectivity index (χ1) is 10.8. The molecule has 1 aliphatic rings. The van der Waals surface area contributed by atoms with E-state index in [0.717, 1.165) is 41.4 Å². The molecule has 1 saturated heterocycles. The number of nitrogens with one attached hydrogen (secondary N) is 1. The molecule has 8 heteroatoms. The SMILES string of the molecule is C=CCNC(=S)N1CCN(c2nnc(-c3cccs3)s2)CC1. The van der Waals surface area contributed by atoms with Crippen LogP contribution in [0, 0.1) is 0 Å². The van der Waals surface area contributed by atoms with E-state index in [1.54, 1.807) is 22.7 Å². The summed E-state index contributed by atoms with van der Waals surface area (Å²) in [6, 6.07) is 4.12. The predicted octanol–water partition coefficient (Wildman–Crippen LogP) is 2.45. The van der Waals surface area contributed by atoms with E-state index in [0.29, 0.717) is 6.54 Å². The number of rotatable bonds is 4. The molecule has 0 saturated carbocycles. The molecule has 116 valence electrons. The van der Waals surface area contributed by atoms with E-state index >= 15 is 0 Å². The van der Waals surface area contributed by atoms with Crippen molar-refractivity contribution in [3.05, 3.63) is 30.2 Å². The van der Waals surface area contributed by atoms with Gasteiger partial charge in [-0.15, -0.1) is 28.1 Å². The van der Waals surface area contributed by atoms with Gasteiger partial charge in [0.15, 0.2) is 10.1 Å². The summed E-state index contributed by atoms with van der Waals surface area (Å²) < 4.78 is 0. The van der Waals surface area contributed by atoms with Gasteiger partial charge in [-0.2, -0.15) is 0 Å². The Hall–Kier alpha value is -1.51. The van der Waals surface area contributed by atoms with E-state index in [1.165, 1.54) is 4.88 Å². The van der Waals surface area contributed by atoms with E-state index in [-0.39, 0.29) is 0 Å². The van der Waals surface area contributed by atoms with Gasteiger partial charge in [0.2, 0.25) is 5.13 Å². The van der Waals surface area contributed by atoms with Gasteiger partial charge in [0, 0.05) is 32.7 Å². The fourth-order valence-electron chi connectivity index (χ4n) is 2.22. The standard InChI is InChI=1S/C14H17N5S3/c1-2-5-15-13(20)18-6-8-19(9-7-18)14-17-16-12(22-14)11-4-3-10-21-11/h2-4,10H,1,5-9H2,(H,15,20). The molecule has 0 amide bonds. The van der Waals surface area contributed by atoms with Gasteiger partial charge in [-0.1, -0.05) is 23.5 Å². The van der Waals surface area contributed by atoms with Gasteiger partial charge in [-0.25, -0.2) is 0 Å². The molecule has 0 radical (unpaired) electrons. The van der Waals surface area contributed by atoms with Crippen LogP contribution >= 0.6 is 34.9 Å². The van der Waals surface area contributed by atoms with Crippen LogP contribution in [-0.4, -0.2) is 52.9 Å². The molecular weight excluding hydrogens is 334 g/mol. The van der Waals surface area contributed by atoms with Crippen LogP contribution in [0.4, 0.5) is 5.13 Å². The minimum Gasteiger partial charge on any atom is -0.359 e. The van der Waals surface area contributed by atoms with E-state index in [2.05, 4.69) is 43.3 Å². The highest BCUT2D eigenvalue weighted by Gasteiger charge is 2.21. The van der Waals surface area contributed by atoms with Gasteiger partial charge in [-0.05, 0) is 23.7 Å². The van der Waals surface area contributed by atoms with Crippen molar-refractivity contribution in [3.8, 4) is 9.88 Å². The fourth-order valence-corrected chi connectivity index (χ4v) is 4.17. The van der Waals surface area contributed by atoms with Crippen LogP contribution in [0.5, 0.6) is 0 Å². The highest BCUT2D eigenvalue weighted by molar-refractivity contribution is 7.80. The number of anilines is 1. The Morgan fingerprint density at radius 1 is 1.36 bits per heavy atom. The van der Waals surface area contributed by atoms with Crippen LogP contribution < -0.4 is 10.2 Å². The molecule has 5 nitrogen and oxygen atoms in total. The number of hydrogen-bond acceptors (Lipinski definition) is 6. The molecule has 0 unspecified atom stereocenters. The van der Waals surface area contributed by atoms with Crippen molar-refractivity contribution in [1.82, 2.24) is 20.4 Å². The summed E-state index contributed by atoms with van der Waals surface area (Å²) in [6.45, 7) is 8.02. The van der Waals surface area contributed by atoms with Crippen LogP contribution in [0.25, 0.3) is 9.88 Å². The van der Waals surface area contributed by atoms with Crippen LogP contribution in [0.1, 0.15) is 0 Å². The fraction of sp³-hybridized carbons (Fsp3) is 0.357. The molecule has 0 spiro atoms. The minimum atomic E-state index is 0.708. The monoisotopic (exact) mass is 351 g/mol. The Morgan fingerprint density at radius 3 is 2.86 bits per heavy atom. The quantitative estimate of drug-likeness (QED) is 0.674.